The monoisotopic (exact) mass is 436 g/mol. The highest BCUT2D eigenvalue weighted by Gasteiger charge is 2.24. The molecule has 2 aromatic carbocycles. The highest BCUT2D eigenvalue weighted by molar-refractivity contribution is 6.30. The maximum Gasteiger partial charge on any atom is 0.326 e. The number of nitrogens with one attached hydrogen (secondary N) is 1. The molecule has 1 N–H and O–H groups in total. The molecule has 0 radical (unpaired) electrons. The van der Waals surface area contributed by atoms with E-state index < -0.39 is 0 Å². The molecule has 158 valence electrons. The molecule has 4 aromatic rings. The number of hydrogen-bond donors (Lipinski definition) is 1. The summed E-state index contributed by atoms with van der Waals surface area (Å²) in [5.41, 5.74) is 4.40. The molecule has 0 atom stereocenters. The van der Waals surface area contributed by atoms with E-state index in [-0.39, 0.29) is 17.5 Å². The van der Waals surface area contributed by atoms with Gasteiger partial charge >= 0.3 is 5.69 Å². The second-order valence-electron chi connectivity index (χ2n) is 8.01. The fraction of sp³-hybridized carbons (Fsp3) is 0.250. The average molecular weight is 437 g/mol. The van der Waals surface area contributed by atoms with Crippen LogP contribution in [0.15, 0.2) is 65.6 Å². The van der Waals surface area contributed by atoms with Gasteiger partial charge in [0.1, 0.15) is 5.82 Å². The van der Waals surface area contributed by atoms with Crippen molar-refractivity contribution in [2.75, 3.05) is 13.1 Å². The quantitative estimate of drug-likeness (QED) is 0.488. The summed E-state index contributed by atoms with van der Waals surface area (Å²) in [6.45, 7) is 2.51. The number of halogens is 2. The number of benzene rings is 2. The van der Waals surface area contributed by atoms with Crippen LogP contribution < -0.4 is 5.69 Å². The number of imidazole rings is 1. The summed E-state index contributed by atoms with van der Waals surface area (Å²) in [4.78, 5) is 22.2. The van der Waals surface area contributed by atoms with Gasteiger partial charge in [-0.1, -0.05) is 23.7 Å². The number of H-pyrrole nitrogens is 1. The first-order chi connectivity index (χ1) is 15.1. The van der Waals surface area contributed by atoms with Crippen LogP contribution in [0.3, 0.4) is 0 Å². The van der Waals surface area contributed by atoms with Crippen LogP contribution in [0.25, 0.3) is 22.2 Å². The summed E-state index contributed by atoms with van der Waals surface area (Å²) in [5, 5.41) is 0.723. The highest BCUT2D eigenvalue weighted by Crippen LogP contribution is 2.27. The largest absolute Gasteiger partial charge is 0.326 e. The number of fused-ring (bicyclic) bond motifs is 1. The Bertz CT molecular complexity index is 1270. The predicted octanol–water partition coefficient (Wildman–Crippen LogP) is 5.02. The topological polar surface area (TPSA) is 53.9 Å². The molecular formula is C24H22ClFN4O. The Hall–Kier alpha value is -2.96. The Morgan fingerprint density at radius 2 is 1.81 bits per heavy atom. The van der Waals surface area contributed by atoms with Gasteiger partial charge in [-0.25, -0.2) is 9.18 Å². The van der Waals surface area contributed by atoms with E-state index in [1.54, 1.807) is 10.6 Å². The molecule has 0 aliphatic carbocycles. The van der Waals surface area contributed by atoms with Gasteiger partial charge in [0.05, 0.1) is 16.7 Å². The van der Waals surface area contributed by atoms with Crippen LogP contribution in [0, 0.1) is 5.82 Å². The first kappa shape index (κ1) is 20.0. The van der Waals surface area contributed by atoms with E-state index in [9.17, 15) is 9.18 Å². The first-order valence-corrected chi connectivity index (χ1v) is 10.8. The standard InChI is InChI=1S/C24H22ClFN4O/c25-18-3-1-16(2-4-18)17-7-10-27-20(13-17)15-29-11-8-21(9-12-29)30-23-6-5-19(26)14-22(23)28-24(30)31/h1-7,10,13-14,21H,8-9,11-12,15H2,(H,28,31). The fourth-order valence-electron chi connectivity index (χ4n) is 4.42. The molecule has 2 aromatic heterocycles. The van der Waals surface area contributed by atoms with E-state index >= 15 is 0 Å². The SMILES string of the molecule is O=c1[nH]c2cc(F)ccc2n1C1CCN(Cc2cc(-c3ccc(Cl)cc3)ccn2)CC1. The lowest BCUT2D eigenvalue weighted by atomic mass is 10.0. The van der Waals surface area contributed by atoms with E-state index in [1.807, 2.05) is 36.5 Å². The Morgan fingerprint density at radius 3 is 2.58 bits per heavy atom. The Morgan fingerprint density at radius 1 is 1.03 bits per heavy atom. The molecule has 0 saturated carbocycles. The summed E-state index contributed by atoms with van der Waals surface area (Å²) < 4.78 is 15.3. The molecule has 1 aliphatic heterocycles. The lowest BCUT2D eigenvalue weighted by Gasteiger charge is -2.32. The summed E-state index contributed by atoms with van der Waals surface area (Å²) in [6.07, 6.45) is 3.57. The minimum absolute atomic E-state index is 0.108. The molecule has 1 saturated heterocycles. The van der Waals surface area contributed by atoms with Gasteiger partial charge in [-0.15, -0.1) is 0 Å². The van der Waals surface area contributed by atoms with E-state index in [0.29, 0.717) is 5.52 Å². The van der Waals surface area contributed by atoms with Gasteiger partial charge < -0.3 is 4.98 Å². The molecule has 0 bridgehead atoms. The molecule has 0 amide bonds. The van der Waals surface area contributed by atoms with Gasteiger partial charge in [0.2, 0.25) is 0 Å². The maximum absolute atomic E-state index is 13.5. The van der Waals surface area contributed by atoms with Gasteiger partial charge in [-0.2, -0.15) is 0 Å². The smallest absolute Gasteiger partial charge is 0.305 e. The summed E-state index contributed by atoms with van der Waals surface area (Å²) >= 11 is 6.00. The average Bonchev–Trinajstić information content (AvgIpc) is 3.10. The third-order valence-corrected chi connectivity index (χ3v) is 6.23. The van der Waals surface area contributed by atoms with E-state index in [2.05, 4.69) is 20.9 Å². The Labute approximate surface area is 184 Å². The molecule has 5 nitrogen and oxygen atoms in total. The van der Waals surface area contributed by atoms with Crippen LogP contribution in [0.2, 0.25) is 5.02 Å². The number of hydrogen-bond acceptors (Lipinski definition) is 3. The van der Waals surface area contributed by atoms with Gasteiger partial charge in [0.25, 0.3) is 0 Å². The number of aromatic nitrogens is 3. The second-order valence-corrected chi connectivity index (χ2v) is 8.45. The van der Waals surface area contributed by atoms with Crippen molar-refractivity contribution in [2.45, 2.75) is 25.4 Å². The third-order valence-electron chi connectivity index (χ3n) is 5.98. The number of piperidine rings is 1. The van der Waals surface area contributed by atoms with Crippen molar-refractivity contribution in [3.05, 3.63) is 87.8 Å². The third kappa shape index (κ3) is 4.13. The van der Waals surface area contributed by atoms with Crippen molar-refractivity contribution >= 4 is 22.6 Å². The zero-order valence-electron chi connectivity index (χ0n) is 16.9. The van der Waals surface area contributed by atoms with E-state index in [0.717, 1.165) is 59.8 Å². The molecule has 5 rings (SSSR count). The molecular weight excluding hydrogens is 415 g/mol. The van der Waals surface area contributed by atoms with Crippen LogP contribution >= 0.6 is 11.6 Å². The van der Waals surface area contributed by atoms with Crippen molar-refractivity contribution in [2.24, 2.45) is 0 Å². The molecule has 3 heterocycles. The molecule has 0 unspecified atom stereocenters. The zero-order chi connectivity index (χ0) is 21.4. The van der Waals surface area contributed by atoms with Crippen LogP contribution in [0.4, 0.5) is 4.39 Å². The second kappa shape index (κ2) is 8.29. The van der Waals surface area contributed by atoms with Crippen LogP contribution in [-0.4, -0.2) is 32.5 Å². The number of nitrogens with zero attached hydrogens (tertiary/aromatic N) is 3. The van der Waals surface area contributed by atoms with Crippen LogP contribution in [0.1, 0.15) is 24.6 Å². The Kier molecular flexibility index (Phi) is 5.34. The minimum atomic E-state index is -0.343. The van der Waals surface area contributed by atoms with Crippen molar-refractivity contribution in [1.82, 2.24) is 19.4 Å². The summed E-state index contributed by atoms with van der Waals surface area (Å²) in [6, 6.07) is 16.5. The summed E-state index contributed by atoms with van der Waals surface area (Å²) in [5.74, 6) is -0.343. The van der Waals surface area contributed by atoms with Gasteiger partial charge in [0, 0.05) is 36.9 Å². The fourth-order valence-corrected chi connectivity index (χ4v) is 4.54. The minimum Gasteiger partial charge on any atom is -0.305 e. The number of rotatable bonds is 4. The van der Waals surface area contributed by atoms with Crippen molar-refractivity contribution < 1.29 is 4.39 Å². The molecule has 1 fully saturated rings. The van der Waals surface area contributed by atoms with Gasteiger partial charge in [-0.3, -0.25) is 14.5 Å². The van der Waals surface area contributed by atoms with Crippen LogP contribution in [-0.2, 0) is 6.54 Å². The molecule has 0 spiro atoms. The van der Waals surface area contributed by atoms with E-state index in [1.165, 1.54) is 12.1 Å². The maximum atomic E-state index is 13.5. The first-order valence-electron chi connectivity index (χ1n) is 10.4. The van der Waals surface area contributed by atoms with Crippen molar-refractivity contribution in [3.63, 3.8) is 0 Å². The molecule has 31 heavy (non-hydrogen) atoms. The number of aromatic amines is 1. The zero-order valence-corrected chi connectivity index (χ0v) is 17.6. The van der Waals surface area contributed by atoms with Crippen LogP contribution in [0.5, 0.6) is 0 Å². The van der Waals surface area contributed by atoms with Crippen molar-refractivity contribution in [3.8, 4) is 11.1 Å². The van der Waals surface area contributed by atoms with Gasteiger partial charge in [-0.05, 0) is 66.4 Å². The number of pyridine rings is 1. The normalized spacial score (nSPS) is 15.5. The summed E-state index contributed by atoms with van der Waals surface area (Å²) in [7, 11) is 0. The molecule has 1 aliphatic rings. The highest BCUT2D eigenvalue weighted by atomic mass is 35.5. The predicted molar refractivity (Wildman–Crippen MR) is 121 cm³/mol. The van der Waals surface area contributed by atoms with E-state index in [4.69, 9.17) is 11.6 Å². The number of likely N-dealkylation sites (tertiary alicyclic amines) is 1. The lowest BCUT2D eigenvalue weighted by Crippen LogP contribution is -2.36. The van der Waals surface area contributed by atoms with Gasteiger partial charge in [0.15, 0.2) is 0 Å². The Balaban J connectivity index is 1.28. The van der Waals surface area contributed by atoms with Crippen molar-refractivity contribution in [1.29, 1.82) is 0 Å². The lowest BCUT2D eigenvalue weighted by molar-refractivity contribution is 0.178. The molecule has 7 heteroatoms.